The minimum atomic E-state index is -1.13. The molecule has 1 aromatic carbocycles. The summed E-state index contributed by atoms with van der Waals surface area (Å²) in [6.07, 6.45) is 4.06. The molecule has 0 bridgehead atoms. The summed E-state index contributed by atoms with van der Waals surface area (Å²) in [6, 6.07) is 11.3. The monoisotopic (exact) mass is 365 g/mol. The number of amides is 1. The van der Waals surface area contributed by atoms with Crippen molar-refractivity contribution in [3.63, 3.8) is 0 Å². The molecule has 0 N–H and O–H groups in total. The zero-order chi connectivity index (χ0) is 18.9. The Morgan fingerprint density at radius 2 is 1.93 bits per heavy atom. The summed E-state index contributed by atoms with van der Waals surface area (Å²) in [5.74, 6) is -0.519. The molecule has 1 saturated heterocycles. The quantitative estimate of drug-likeness (QED) is 0.778. The van der Waals surface area contributed by atoms with E-state index in [1.54, 1.807) is 19.2 Å². The van der Waals surface area contributed by atoms with Gasteiger partial charge in [0, 0.05) is 51.5 Å². The maximum Gasteiger partial charge on any atom is 0.339 e. The lowest BCUT2D eigenvalue weighted by molar-refractivity contribution is -0.153. The van der Waals surface area contributed by atoms with Crippen molar-refractivity contribution in [1.29, 1.82) is 0 Å². The highest BCUT2D eigenvalue weighted by molar-refractivity contribution is 5.97. The highest BCUT2D eigenvalue weighted by Crippen LogP contribution is 2.30. The molecule has 2 aromatic rings. The van der Waals surface area contributed by atoms with E-state index >= 15 is 0 Å². The number of hydrogen-bond acceptors (Lipinski definition) is 5. The van der Waals surface area contributed by atoms with Gasteiger partial charge in [-0.1, -0.05) is 24.3 Å². The normalized spacial score (nSPS) is 22.9. The van der Waals surface area contributed by atoms with Crippen molar-refractivity contribution < 1.29 is 14.3 Å². The second kappa shape index (κ2) is 7.12. The number of carbonyl (C=O) groups is 2. The third-order valence-corrected chi connectivity index (χ3v) is 5.32. The Balaban J connectivity index is 1.40. The summed E-state index contributed by atoms with van der Waals surface area (Å²) >= 11 is 0. The smallest absolute Gasteiger partial charge is 0.339 e. The molecule has 1 fully saturated rings. The number of pyridine rings is 1. The number of fused-ring (bicyclic) bond motifs is 1. The van der Waals surface area contributed by atoms with E-state index in [0.29, 0.717) is 25.1 Å². The lowest BCUT2D eigenvalue weighted by Gasteiger charge is -2.40. The fraction of sp³-hybridized carbons (Fsp3) is 0.381. The average Bonchev–Trinajstić information content (AvgIpc) is 2.69. The molecule has 2 aliphatic rings. The minimum absolute atomic E-state index is 0.105. The number of ether oxygens (including phenoxy) is 1. The van der Waals surface area contributed by atoms with Crippen LogP contribution in [0.2, 0.25) is 0 Å². The third kappa shape index (κ3) is 3.57. The number of esters is 1. The summed E-state index contributed by atoms with van der Waals surface area (Å²) in [6.45, 7) is 5.41. The van der Waals surface area contributed by atoms with Gasteiger partial charge in [-0.05, 0) is 30.2 Å². The molecule has 27 heavy (non-hydrogen) atoms. The van der Waals surface area contributed by atoms with Crippen LogP contribution in [0.15, 0.2) is 48.8 Å². The summed E-state index contributed by atoms with van der Waals surface area (Å²) in [5.41, 5.74) is 1.47. The van der Waals surface area contributed by atoms with E-state index in [1.165, 1.54) is 5.56 Å². The summed E-state index contributed by atoms with van der Waals surface area (Å²) in [5, 5.41) is 0. The van der Waals surface area contributed by atoms with Crippen LogP contribution in [-0.4, -0.2) is 58.4 Å². The molecule has 6 heteroatoms. The van der Waals surface area contributed by atoms with Crippen LogP contribution < -0.4 is 0 Å². The Hall–Kier alpha value is -2.73. The van der Waals surface area contributed by atoms with Gasteiger partial charge in [0.15, 0.2) is 5.60 Å². The molecule has 1 atom stereocenters. The Bertz CT molecular complexity index is 847. The van der Waals surface area contributed by atoms with E-state index in [9.17, 15) is 9.59 Å². The molecule has 1 aromatic heterocycles. The number of benzene rings is 1. The molecular weight excluding hydrogens is 342 g/mol. The first-order valence-electron chi connectivity index (χ1n) is 9.27. The molecule has 0 aliphatic carbocycles. The van der Waals surface area contributed by atoms with Gasteiger partial charge < -0.3 is 9.64 Å². The van der Waals surface area contributed by atoms with Crippen LogP contribution in [-0.2, 0) is 22.5 Å². The first-order chi connectivity index (χ1) is 13.0. The lowest BCUT2D eigenvalue weighted by atomic mass is 9.88. The van der Waals surface area contributed by atoms with Crippen LogP contribution in [0.1, 0.15) is 28.4 Å². The van der Waals surface area contributed by atoms with Gasteiger partial charge >= 0.3 is 5.97 Å². The molecule has 0 saturated carbocycles. The predicted octanol–water partition coefficient (Wildman–Crippen LogP) is 1.90. The first-order valence-corrected chi connectivity index (χ1v) is 9.27. The minimum Gasteiger partial charge on any atom is -0.445 e. The van der Waals surface area contributed by atoms with Crippen molar-refractivity contribution in [2.75, 3.05) is 26.2 Å². The number of aromatic nitrogens is 1. The standard InChI is InChI=1S/C21H23N3O3/c1-21(13-17-6-2-3-7-18(17)19(25)27-21)20(26)24-11-9-23(10-12-24)15-16-5-4-8-22-14-16/h2-8,14H,9-13,15H2,1H3. The molecule has 0 radical (unpaired) electrons. The van der Waals surface area contributed by atoms with Crippen molar-refractivity contribution in [3.05, 3.63) is 65.5 Å². The SMILES string of the molecule is CC1(C(=O)N2CCN(Cc3cccnc3)CC2)Cc2ccccc2C(=O)O1. The molecule has 1 unspecified atom stereocenters. The zero-order valence-corrected chi connectivity index (χ0v) is 15.4. The molecule has 0 spiro atoms. The van der Waals surface area contributed by atoms with Gasteiger partial charge in [-0.2, -0.15) is 0 Å². The Kier molecular flexibility index (Phi) is 4.66. The van der Waals surface area contributed by atoms with E-state index in [2.05, 4.69) is 16.0 Å². The maximum atomic E-state index is 13.1. The van der Waals surface area contributed by atoms with E-state index in [0.717, 1.165) is 25.2 Å². The molecule has 1 amide bonds. The van der Waals surface area contributed by atoms with Crippen LogP contribution in [0.5, 0.6) is 0 Å². The second-order valence-corrected chi connectivity index (χ2v) is 7.38. The van der Waals surface area contributed by atoms with Crippen molar-refractivity contribution in [1.82, 2.24) is 14.8 Å². The van der Waals surface area contributed by atoms with E-state index in [1.807, 2.05) is 35.4 Å². The fourth-order valence-electron chi connectivity index (χ4n) is 3.85. The van der Waals surface area contributed by atoms with Crippen LogP contribution in [0.25, 0.3) is 0 Å². The summed E-state index contributed by atoms with van der Waals surface area (Å²) in [7, 11) is 0. The number of carbonyl (C=O) groups excluding carboxylic acids is 2. The molecule has 6 nitrogen and oxygen atoms in total. The predicted molar refractivity (Wildman–Crippen MR) is 100 cm³/mol. The highest BCUT2D eigenvalue weighted by Gasteiger charge is 2.45. The number of hydrogen-bond donors (Lipinski definition) is 0. The van der Waals surface area contributed by atoms with Crippen LogP contribution in [0.3, 0.4) is 0 Å². The largest absolute Gasteiger partial charge is 0.445 e. The summed E-state index contributed by atoms with van der Waals surface area (Å²) < 4.78 is 5.59. The topological polar surface area (TPSA) is 62.7 Å². The Morgan fingerprint density at radius 3 is 2.67 bits per heavy atom. The van der Waals surface area contributed by atoms with Gasteiger partial charge in [0.1, 0.15) is 0 Å². The average molecular weight is 365 g/mol. The number of rotatable bonds is 3. The van der Waals surface area contributed by atoms with Crippen molar-refractivity contribution >= 4 is 11.9 Å². The molecule has 4 rings (SSSR count). The molecule has 3 heterocycles. The van der Waals surface area contributed by atoms with Gasteiger partial charge in [0.2, 0.25) is 0 Å². The van der Waals surface area contributed by atoms with Crippen molar-refractivity contribution in [3.8, 4) is 0 Å². The van der Waals surface area contributed by atoms with Gasteiger partial charge in [-0.15, -0.1) is 0 Å². The van der Waals surface area contributed by atoms with E-state index in [4.69, 9.17) is 4.74 Å². The van der Waals surface area contributed by atoms with Crippen LogP contribution in [0, 0.1) is 0 Å². The van der Waals surface area contributed by atoms with Gasteiger partial charge in [-0.25, -0.2) is 4.79 Å². The van der Waals surface area contributed by atoms with E-state index < -0.39 is 11.6 Å². The molecular formula is C21H23N3O3. The van der Waals surface area contributed by atoms with Crippen molar-refractivity contribution in [2.45, 2.75) is 25.5 Å². The van der Waals surface area contributed by atoms with Crippen molar-refractivity contribution in [2.24, 2.45) is 0 Å². The zero-order valence-electron chi connectivity index (χ0n) is 15.4. The molecule has 140 valence electrons. The lowest BCUT2D eigenvalue weighted by Crippen LogP contribution is -2.57. The number of nitrogens with zero attached hydrogens (tertiary/aromatic N) is 3. The third-order valence-electron chi connectivity index (χ3n) is 5.32. The van der Waals surface area contributed by atoms with Gasteiger partial charge in [-0.3, -0.25) is 14.7 Å². The maximum absolute atomic E-state index is 13.1. The fourth-order valence-corrected chi connectivity index (χ4v) is 3.85. The van der Waals surface area contributed by atoms with Gasteiger partial charge in [0.05, 0.1) is 5.56 Å². The van der Waals surface area contributed by atoms with Crippen LogP contribution >= 0.6 is 0 Å². The Morgan fingerprint density at radius 1 is 1.15 bits per heavy atom. The highest BCUT2D eigenvalue weighted by atomic mass is 16.6. The summed E-state index contributed by atoms with van der Waals surface area (Å²) in [4.78, 5) is 33.7. The molecule has 2 aliphatic heterocycles. The van der Waals surface area contributed by atoms with Crippen LogP contribution in [0.4, 0.5) is 0 Å². The number of piperazine rings is 1. The Labute approximate surface area is 158 Å². The first kappa shape index (κ1) is 17.7. The van der Waals surface area contributed by atoms with E-state index in [-0.39, 0.29) is 5.91 Å². The van der Waals surface area contributed by atoms with Gasteiger partial charge in [0.25, 0.3) is 5.91 Å². The second-order valence-electron chi connectivity index (χ2n) is 7.38. The number of cyclic esters (lactones) is 1.